The van der Waals surface area contributed by atoms with Crippen LogP contribution in [0.25, 0.3) is 67.7 Å². The fraction of sp³-hybridized carbons (Fsp3) is 0. The second-order valence-corrected chi connectivity index (χ2v) is 11.1. The molecule has 0 fully saturated rings. The number of fused-ring (bicyclic) bond motifs is 3. The Bertz CT molecular complexity index is 1820. The first-order valence-electron chi connectivity index (χ1n) is 12.8. The van der Waals surface area contributed by atoms with E-state index in [0.29, 0.717) is 0 Å². The zero-order chi connectivity index (χ0) is 28.1. The van der Waals surface area contributed by atoms with Gasteiger partial charge in [-0.25, -0.2) is 29.9 Å². The number of rotatable bonds is 3. The van der Waals surface area contributed by atoms with Crippen molar-refractivity contribution in [2.24, 2.45) is 0 Å². The number of aromatic nitrogens is 9. The maximum Gasteiger partial charge on any atom is 2.00 e. The van der Waals surface area contributed by atoms with E-state index in [0.717, 1.165) is 67.7 Å². The molecule has 0 saturated heterocycles. The average molecular weight is 663 g/mol. The largest absolute Gasteiger partial charge is 2.00 e. The number of para-hydroxylation sites is 6. The fourth-order valence-electron chi connectivity index (χ4n) is 4.21. The summed E-state index contributed by atoms with van der Waals surface area (Å²) in [5.41, 5.74) is 14.2. The van der Waals surface area contributed by atoms with Gasteiger partial charge in [0, 0.05) is 16.1 Å². The minimum Gasteiger partial charge on any atom is -0.337 e. The second kappa shape index (κ2) is 13.2. The van der Waals surface area contributed by atoms with Crippen molar-refractivity contribution >= 4 is 67.1 Å². The smallest absolute Gasteiger partial charge is 0.337 e. The van der Waals surface area contributed by atoms with E-state index >= 15 is 0 Å². The van der Waals surface area contributed by atoms with E-state index in [9.17, 15) is 0 Å². The first kappa shape index (κ1) is 28.6. The maximum atomic E-state index is 4.44. The number of H-pyrrole nitrogens is 3. The zero-order valence-electron chi connectivity index (χ0n) is 22.1. The van der Waals surface area contributed by atoms with Gasteiger partial charge in [-0.05, 0) is 36.4 Å². The summed E-state index contributed by atoms with van der Waals surface area (Å²) in [5, 5.41) is 5.95. The first-order valence-corrected chi connectivity index (χ1v) is 15.6. The van der Waals surface area contributed by atoms with E-state index in [1.807, 2.05) is 105 Å². The molecular weight excluding hydrogens is 642 g/mol. The topological polar surface area (TPSA) is 125 Å². The number of thiazole rings is 3. The number of benzene rings is 3. The Kier molecular flexibility index (Phi) is 8.76. The third-order valence-electron chi connectivity index (χ3n) is 6.19. The van der Waals surface area contributed by atoms with Gasteiger partial charge in [0.05, 0.1) is 49.6 Å². The van der Waals surface area contributed by atoms with Crippen LogP contribution in [-0.2, 0) is 16.8 Å². The summed E-state index contributed by atoms with van der Waals surface area (Å²) in [6.45, 7) is 0. The number of aromatic amines is 3. The molecule has 0 bridgehead atoms. The van der Waals surface area contributed by atoms with Crippen molar-refractivity contribution in [2.45, 2.75) is 0 Å². The summed E-state index contributed by atoms with van der Waals surface area (Å²) in [6.07, 6.45) is 0. The molecule has 3 aromatic carbocycles. The quantitative estimate of drug-likeness (QED) is 0.176. The summed E-state index contributed by atoms with van der Waals surface area (Å²) in [5.74, 6) is 2.52. The third kappa shape index (κ3) is 6.45. The van der Waals surface area contributed by atoms with E-state index in [4.69, 9.17) is 0 Å². The van der Waals surface area contributed by atoms with Crippen LogP contribution in [0.4, 0.5) is 0 Å². The van der Waals surface area contributed by atoms with E-state index in [1.54, 1.807) is 34.0 Å². The Morgan fingerprint density at radius 2 is 0.721 bits per heavy atom. The molecule has 3 N–H and O–H groups in total. The number of imidazole rings is 3. The molecule has 9 rings (SSSR count). The van der Waals surface area contributed by atoms with Gasteiger partial charge in [-0.1, -0.05) is 36.4 Å². The molecule has 13 heteroatoms. The van der Waals surface area contributed by atoms with E-state index in [-0.39, 0.29) is 16.8 Å². The molecule has 9 nitrogen and oxygen atoms in total. The van der Waals surface area contributed by atoms with Crippen LogP contribution >= 0.6 is 34.0 Å². The van der Waals surface area contributed by atoms with Crippen LogP contribution in [0.15, 0.2) is 105 Å². The monoisotopic (exact) mass is 662 g/mol. The number of nitrogens with zero attached hydrogens (tertiary/aromatic N) is 6. The van der Waals surface area contributed by atoms with Gasteiger partial charge in [-0.15, -0.1) is 34.0 Å². The van der Waals surface area contributed by atoms with Crippen molar-refractivity contribution in [2.75, 3.05) is 0 Å². The van der Waals surface area contributed by atoms with Crippen molar-refractivity contribution < 1.29 is 16.8 Å². The molecule has 0 atom stereocenters. The van der Waals surface area contributed by atoms with Gasteiger partial charge >= 0.3 is 16.8 Å². The van der Waals surface area contributed by atoms with Crippen molar-refractivity contribution in [3.63, 3.8) is 0 Å². The Hall–Kier alpha value is -4.53. The minimum absolute atomic E-state index is 0. The Balaban J connectivity index is 0.000000113. The molecule has 0 aliphatic carbocycles. The van der Waals surface area contributed by atoms with E-state index < -0.39 is 0 Å². The predicted octanol–water partition coefficient (Wildman–Crippen LogP) is 8.06. The zero-order valence-corrected chi connectivity index (χ0v) is 25.6. The minimum atomic E-state index is 0. The van der Waals surface area contributed by atoms with Gasteiger partial charge in [-0.3, -0.25) is 0 Å². The van der Waals surface area contributed by atoms with Crippen LogP contribution < -0.4 is 0 Å². The molecule has 0 aliphatic heterocycles. The van der Waals surface area contributed by atoms with Gasteiger partial charge in [0.1, 0.15) is 17.1 Å². The molecule has 6 aromatic heterocycles. The normalized spacial score (nSPS) is 10.6. The van der Waals surface area contributed by atoms with Crippen LogP contribution in [-0.4, -0.2) is 44.9 Å². The predicted molar refractivity (Wildman–Crippen MR) is 172 cm³/mol. The van der Waals surface area contributed by atoms with E-state index in [1.165, 1.54) is 0 Å². The molecule has 0 saturated carbocycles. The van der Waals surface area contributed by atoms with Crippen molar-refractivity contribution in [3.05, 3.63) is 105 Å². The molecular formula is C30H21CoN9S3+2. The Morgan fingerprint density at radius 3 is 0.977 bits per heavy atom. The molecule has 0 spiro atoms. The van der Waals surface area contributed by atoms with Crippen molar-refractivity contribution in [1.29, 1.82) is 0 Å². The molecule has 9 aromatic rings. The number of nitrogens with one attached hydrogen (secondary N) is 3. The van der Waals surface area contributed by atoms with Gasteiger partial charge in [-0.2, -0.15) is 0 Å². The molecule has 0 unspecified atom stereocenters. The third-order valence-corrected chi connectivity index (χ3v) is 7.95. The first-order chi connectivity index (χ1) is 20.8. The van der Waals surface area contributed by atoms with Crippen molar-refractivity contribution in [1.82, 2.24) is 44.9 Å². The molecule has 1 radical (unpaired) electrons. The number of hydrogen-bond acceptors (Lipinski definition) is 9. The van der Waals surface area contributed by atoms with Crippen LogP contribution in [0, 0.1) is 0 Å². The standard InChI is InChI=1S/3C10H7N3S.Co/c3*1-2-4-8-7(3-1)12-10(13-8)9-5-14-6-11-9;/h3*1-6H,(H,12,13);/q;;;+2. The fourth-order valence-corrected chi connectivity index (χ4v) is 5.82. The second-order valence-electron chi connectivity index (χ2n) is 8.93. The van der Waals surface area contributed by atoms with Crippen LogP contribution in [0.3, 0.4) is 0 Å². The Morgan fingerprint density at radius 1 is 0.419 bits per heavy atom. The van der Waals surface area contributed by atoms with Crippen LogP contribution in [0.2, 0.25) is 0 Å². The van der Waals surface area contributed by atoms with E-state index in [2.05, 4.69) is 44.9 Å². The van der Waals surface area contributed by atoms with Gasteiger partial charge in [0.15, 0.2) is 17.5 Å². The average Bonchev–Trinajstić information content (AvgIpc) is 3.88. The summed E-state index contributed by atoms with van der Waals surface area (Å²) in [6, 6.07) is 23.9. The summed E-state index contributed by atoms with van der Waals surface area (Å²) >= 11 is 4.72. The van der Waals surface area contributed by atoms with Crippen molar-refractivity contribution in [3.8, 4) is 34.6 Å². The molecule has 43 heavy (non-hydrogen) atoms. The molecule has 211 valence electrons. The van der Waals surface area contributed by atoms with Crippen LogP contribution in [0.5, 0.6) is 0 Å². The molecule has 0 aliphatic rings. The van der Waals surface area contributed by atoms with Gasteiger partial charge < -0.3 is 15.0 Å². The Labute approximate surface area is 267 Å². The summed E-state index contributed by atoms with van der Waals surface area (Å²) in [7, 11) is 0. The number of hydrogen-bond donors (Lipinski definition) is 3. The molecule has 0 amide bonds. The summed E-state index contributed by atoms with van der Waals surface area (Å²) in [4.78, 5) is 35.6. The summed E-state index contributed by atoms with van der Waals surface area (Å²) < 4.78 is 0. The molecule has 6 heterocycles. The van der Waals surface area contributed by atoms with Gasteiger partial charge in [0.2, 0.25) is 0 Å². The van der Waals surface area contributed by atoms with Gasteiger partial charge in [0.25, 0.3) is 0 Å². The SMILES string of the molecule is [Co+2].c1ccc2[nH]c(-c3cscn3)nc2c1.c1ccc2[nH]c(-c3cscn3)nc2c1.c1ccc2[nH]c(-c3cscn3)nc2c1. The van der Waals surface area contributed by atoms with Crippen LogP contribution in [0.1, 0.15) is 0 Å². The maximum absolute atomic E-state index is 4.44.